The molecular formula is C26H36N2O12Zn3. The zero-order valence-corrected chi connectivity index (χ0v) is 35.3. The van der Waals surface area contributed by atoms with E-state index in [0.717, 1.165) is 52.9 Å². The minimum absolute atomic E-state index is 0. The molecule has 0 spiro atoms. The molecule has 2 rings (SSSR count). The number of rotatable bonds is 0. The maximum absolute atomic E-state index is 8.89. The van der Waals surface area contributed by atoms with Gasteiger partial charge < -0.3 is 59.4 Å². The molecule has 228 valence electrons. The number of hydrogen-bond donors (Lipinski definition) is 0. The summed E-state index contributed by atoms with van der Waals surface area (Å²) in [6.45, 7) is 14.0. The van der Waals surface area contributed by atoms with Gasteiger partial charge in [0.25, 0.3) is 0 Å². The zero-order valence-electron chi connectivity index (χ0n) is 26.4. The molecule has 0 unspecified atom stereocenters. The predicted octanol–water partition coefficient (Wildman–Crippen LogP) is -4.07. The van der Waals surface area contributed by atoms with Gasteiger partial charge in [-0.25, -0.2) is 0 Å². The Hall–Kier alpha value is -3.01. The van der Waals surface area contributed by atoms with Crippen LogP contribution >= 0.6 is 0 Å². The zero-order chi connectivity index (χ0) is 33.4. The smallest absolute Gasteiger partial charge is 0.550 e. The van der Waals surface area contributed by atoms with Gasteiger partial charge in [-0.2, -0.15) is 0 Å². The topological polar surface area (TPSA) is 267 Å². The summed E-state index contributed by atoms with van der Waals surface area (Å²) >= 11 is 0. The number of carbonyl (C=O) groups excluding carboxylic acids is 6. The normalized spacial score (nSPS) is 6.93. The van der Waals surface area contributed by atoms with Gasteiger partial charge in [0.05, 0.1) is 0 Å². The fourth-order valence-electron chi connectivity index (χ4n) is 1.13. The van der Waals surface area contributed by atoms with E-state index in [1.165, 1.54) is 11.1 Å². The Morgan fingerprint density at radius 1 is 0.442 bits per heavy atom. The van der Waals surface area contributed by atoms with E-state index in [4.69, 9.17) is 59.4 Å². The van der Waals surface area contributed by atoms with Gasteiger partial charge >= 0.3 is 58.4 Å². The van der Waals surface area contributed by atoms with Gasteiger partial charge in [-0.3, -0.25) is 9.97 Å². The molecule has 0 aromatic carbocycles. The van der Waals surface area contributed by atoms with Crippen LogP contribution in [-0.2, 0) is 87.2 Å². The average molecular weight is 765 g/mol. The van der Waals surface area contributed by atoms with Crippen LogP contribution in [0.3, 0.4) is 0 Å². The third kappa shape index (κ3) is 148. The third-order valence-corrected chi connectivity index (χ3v) is 2.54. The first-order valence-electron chi connectivity index (χ1n) is 10.8. The molecule has 0 saturated heterocycles. The van der Waals surface area contributed by atoms with Gasteiger partial charge in [-0.1, -0.05) is 12.1 Å². The van der Waals surface area contributed by atoms with Gasteiger partial charge in [0.15, 0.2) is 0 Å². The van der Waals surface area contributed by atoms with Crippen LogP contribution in [0.2, 0.25) is 0 Å². The van der Waals surface area contributed by atoms with Gasteiger partial charge in [0, 0.05) is 59.6 Å². The minimum atomic E-state index is -1.08. The molecule has 0 radical (unpaired) electrons. The molecule has 0 fully saturated rings. The van der Waals surface area contributed by atoms with E-state index in [2.05, 4.69) is 35.9 Å². The van der Waals surface area contributed by atoms with Crippen LogP contribution in [0.4, 0.5) is 0 Å². The van der Waals surface area contributed by atoms with E-state index in [1.54, 1.807) is 0 Å². The van der Waals surface area contributed by atoms with Crippen LogP contribution < -0.4 is 30.6 Å². The number of hydrogen-bond acceptors (Lipinski definition) is 14. The van der Waals surface area contributed by atoms with Gasteiger partial charge in [-0.15, -0.1) is 0 Å². The Labute approximate surface area is 290 Å². The first-order valence-corrected chi connectivity index (χ1v) is 10.8. The van der Waals surface area contributed by atoms with Crippen molar-refractivity contribution in [2.75, 3.05) is 0 Å². The molecule has 2 aromatic rings. The van der Waals surface area contributed by atoms with E-state index in [0.29, 0.717) is 0 Å². The van der Waals surface area contributed by atoms with Crippen molar-refractivity contribution in [1.29, 1.82) is 0 Å². The summed E-state index contributed by atoms with van der Waals surface area (Å²) in [5.74, 6) is -6.50. The summed E-state index contributed by atoms with van der Waals surface area (Å²) in [6, 6.07) is 8.01. The Kier molecular flexibility index (Phi) is 67.7. The number of aliphatic carboxylic acids is 6. The van der Waals surface area contributed by atoms with Crippen LogP contribution in [-0.4, -0.2) is 45.8 Å². The van der Waals surface area contributed by atoms with Gasteiger partial charge in [0.2, 0.25) is 0 Å². The summed E-state index contributed by atoms with van der Waals surface area (Å²) in [5.41, 5.74) is 4.75. The molecule has 0 saturated carbocycles. The molecule has 43 heavy (non-hydrogen) atoms. The van der Waals surface area contributed by atoms with Crippen LogP contribution in [0.1, 0.15) is 64.1 Å². The first kappa shape index (κ1) is 63.3. The maximum atomic E-state index is 8.89. The molecule has 0 bridgehead atoms. The van der Waals surface area contributed by atoms with Crippen molar-refractivity contribution in [2.45, 2.75) is 69.2 Å². The summed E-state index contributed by atoms with van der Waals surface area (Å²) < 4.78 is 0. The van der Waals surface area contributed by atoms with Gasteiger partial charge in [0.1, 0.15) is 0 Å². The number of pyridine rings is 2. The van der Waals surface area contributed by atoms with E-state index in [1.807, 2.05) is 38.4 Å². The van der Waals surface area contributed by atoms with Crippen molar-refractivity contribution in [3.8, 4) is 0 Å². The molecule has 0 aliphatic rings. The molecule has 0 aliphatic carbocycles. The summed E-state index contributed by atoms with van der Waals surface area (Å²) in [4.78, 5) is 61.5. The molecular weight excluding hydrogens is 728 g/mol. The largest absolute Gasteiger partial charge is 2.00 e. The summed E-state index contributed by atoms with van der Waals surface area (Å²) in [5, 5.41) is 53.3. The second kappa shape index (κ2) is 46.0. The number of nitrogens with zero attached hydrogens (tertiary/aromatic N) is 2. The van der Waals surface area contributed by atoms with Crippen LogP contribution in [0.25, 0.3) is 0 Å². The van der Waals surface area contributed by atoms with Gasteiger partial charge in [-0.05, 0) is 92.5 Å². The van der Waals surface area contributed by atoms with Crippen LogP contribution in [0, 0.1) is 27.7 Å². The fraction of sp³-hybridized carbons (Fsp3) is 0.385. The van der Waals surface area contributed by atoms with Crippen molar-refractivity contribution < 1.29 is 118 Å². The van der Waals surface area contributed by atoms with Crippen LogP contribution in [0.15, 0.2) is 36.7 Å². The number of carboxylic acids is 6. The second-order valence-electron chi connectivity index (χ2n) is 6.76. The Bertz CT molecular complexity index is 806. The van der Waals surface area contributed by atoms with Crippen molar-refractivity contribution in [3.63, 3.8) is 0 Å². The molecule has 0 N–H and O–H groups in total. The van der Waals surface area contributed by atoms with Crippen molar-refractivity contribution in [1.82, 2.24) is 9.97 Å². The molecule has 0 atom stereocenters. The van der Waals surface area contributed by atoms with E-state index in [9.17, 15) is 0 Å². The Morgan fingerprint density at radius 3 is 0.651 bits per heavy atom. The van der Waals surface area contributed by atoms with E-state index < -0.39 is 35.8 Å². The molecule has 14 nitrogen and oxygen atoms in total. The molecule has 17 heteroatoms. The van der Waals surface area contributed by atoms with E-state index in [-0.39, 0.29) is 58.4 Å². The number of carboxylic acid groups (broad SMARTS) is 6. The fourth-order valence-corrected chi connectivity index (χ4v) is 1.13. The predicted molar refractivity (Wildman–Crippen MR) is 132 cm³/mol. The molecule has 2 heterocycles. The SMILES string of the molecule is CC(=O)[O-].CC(=O)[O-].CC(=O)[O-].CC(=O)[O-].CC(=O)[O-].CC(=O)[O-].Cc1cccnc1C.Cc1cccnc1C.[Zn+2].[Zn+2].[Zn+2]. The molecule has 2 aromatic heterocycles. The maximum Gasteiger partial charge on any atom is 2.00 e. The number of aryl methyl sites for hydroxylation is 4. The van der Waals surface area contributed by atoms with Crippen molar-refractivity contribution in [2.24, 2.45) is 0 Å². The van der Waals surface area contributed by atoms with E-state index >= 15 is 0 Å². The monoisotopic (exact) mass is 760 g/mol. The van der Waals surface area contributed by atoms with Crippen LogP contribution in [0.5, 0.6) is 0 Å². The second-order valence-corrected chi connectivity index (χ2v) is 6.76. The summed E-state index contributed by atoms with van der Waals surface area (Å²) in [6.07, 6.45) is 3.62. The number of aromatic nitrogens is 2. The molecule has 0 aliphatic heterocycles. The summed E-state index contributed by atoms with van der Waals surface area (Å²) in [7, 11) is 0. The minimum Gasteiger partial charge on any atom is -0.550 e. The molecule has 0 amide bonds. The Balaban J connectivity index is -0.0000000446. The average Bonchev–Trinajstić information content (AvgIpc) is 2.70. The first-order chi connectivity index (χ1) is 18.0. The third-order valence-electron chi connectivity index (χ3n) is 2.54. The number of carbonyl (C=O) groups is 6. The van der Waals surface area contributed by atoms with Crippen molar-refractivity contribution in [3.05, 3.63) is 59.2 Å². The standard InChI is InChI=1S/2C7H9N.6C2H4O2.3Zn/c2*1-6-4-3-5-8-7(6)2;6*1-2(3)4;;;/h2*3-5H,1-2H3;6*1H3,(H,3,4);;;/q;;;;;;;;3*+2/p-6. The Morgan fingerprint density at radius 2 is 0.581 bits per heavy atom. The quantitative estimate of drug-likeness (QED) is 0.231. The van der Waals surface area contributed by atoms with Crippen molar-refractivity contribution >= 4 is 35.8 Å².